The van der Waals surface area contributed by atoms with Gasteiger partial charge in [0.1, 0.15) is 23.2 Å². The quantitative estimate of drug-likeness (QED) is 0.109. The molecule has 9 nitrogen and oxygen atoms in total. The van der Waals surface area contributed by atoms with Crippen LogP contribution in [0.2, 0.25) is 0 Å². The zero-order valence-corrected chi connectivity index (χ0v) is 24.7. The summed E-state index contributed by atoms with van der Waals surface area (Å²) in [6.07, 6.45) is 3.76. The van der Waals surface area contributed by atoms with Crippen LogP contribution in [0.1, 0.15) is 62.0 Å². The number of H-pyrrole nitrogens is 1. The number of aromatic nitrogens is 2. The summed E-state index contributed by atoms with van der Waals surface area (Å²) in [5.41, 5.74) is 18.8. The van der Waals surface area contributed by atoms with Gasteiger partial charge in [0.05, 0.1) is 20.1 Å². The molecule has 9 heteroatoms. The van der Waals surface area contributed by atoms with E-state index in [1.165, 1.54) is 14.2 Å². The summed E-state index contributed by atoms with van der Waals surface area (Å²) in [6.45, 7) is 5.84. The molecule has 4 rings (SSSR count). The van der Waals surface area contributed by atoms with Crippen LogP contribution < -0.4 is 26.1 Å². The SMILES string of the molecule is COC(=O)c1cc(CNCCC[C@@H](CN)c2[nH]cc(-c3ccccc3)[n+]2-c2c(C)cc(C(N)=O)cc2C)ccc1OC. The average molecular weight is 571 g/mol. The summed E-state index contributed by atoms with van der Waals surface area (Å²) in [5.74, 6) is 0.681. The van der Waals surface area contributed by atoms with E-state index in [0.717, 1.165) is 58.8 Å². The fraction of sp³-hybridized carbons (Fsp3) is 0.303. The summed E-state index contributed by atoms with van der Waals surface area (Å²) in [6, 6.07) is 19.4. The minimum atomic E-state index is -0.446. The number of esters is 1. The molecule has 1 aromatic heterocycles. The van der Waals surface area contributed by atoms with Crippen LogP contribution in [0.4, 0.5) is 0 Å². The van der Waals surface area contributed by atoms with Gasteiger partial charge in [-0.25, -0.2) is 9.78 Å². The largest absolute Gasteiger partial charge is 0.496 e. The van der Waals surface area contributed by atoms with E-state index < -0.39 is 11.9 Å². The molecule has 220 valence electrons. The number of nitrogens with zero attached hydrogens (tertiary/aromatic N) is 1. The molecule has 0 aliphatic rings. The second kappa shape index (κ2) is 13.9. The lowest BCUT2D eigenvalue weighted by molar-refractivity contribution is -0.594. The zero-order valence-electron chi connectivity index (χ0n) is 24.7. The number of ether oxygens (including phenoxy) is 2. The highest BCUT2D eigenvalue weighted by Gasteiger charge is 2.30. The number of nitrogens with one attached hydrogen (secondary N) is 2. The van der Waals surface area contributed by atoms with E-state index in [1.807, 2.05) is 56.4 Å². The standard InChI is InChI=1S/C33H39N5O4/c1-21-15-26(31(35)39)16-22(2)30(21)38-28(24-9-6-5-7-10-24)20-37-32(38)25(18-34)11-8-14-36-19-23-12-13-29(41-3)27(17-23)33(40)42-4/h5-7,9-10,12-13,15-17,20,25,36H,8,11,14,18-19,34H2,1-4H3,(H2,35,39)/p+1/t25-/m0/s1. The van der Waals surface area contributed by atoms with Gasteiger partial charge in [0.25, 0.3) is 5.82 Å². The number of hydrogen-bond acceptors (Lipinski definition) is 6. The van der Waals surface area contributed by atoms with Crippen molar-refractivity contribution >= 4 is 11.9 Å². The van der Waals surface area contributed by atoms with E-state index in [1.54, 1.807) is 12.1 Å². The fourth-order valence-electron chi connectivity index (χ4n) is 5.42. The zero-order chi connectivity index (χ0) is 30.2. The highest BCUT2D eigenvalue weighted by Crippen LogP contribution is 2.27. The van der Waals surface area contributed by atoms with Crippen molar-refractivity contribution in [3.8, 4) is 22.7 Å². The number of carbonyl (C=O) groups is 2. The minimum Gasteiger partial charge on any atom is -0.496 e. The van der Waals surface area contributed by atoms with Crippen molar-refractivity contribution in [2.75, 3.05) is 27.3 Å². The second-order valence-corrected chi connectivity index (χ2v) is 10.4. The molecule has 1 atom stereocenters. The van der Waals surface area contributed by atoms with Crippen LogP contribution >= 0.6 is 0 Å². The van der Waals surface area contributed by atoms with Crippen LogP contribution in [0.3, 0.4) is 0 Å². The maximum atomic E-state index is 12.1. The topological polar surface area (TPSA) is 136 Å². The number of aromatic amines is 1. The molecule has 6 N–H and O–H groups in total. The summed E-state index contributed by atoms with van der Waals surface area (Å²) in [4.78, 5) is 27.6. The van der Waals surface area contributed by atoms with Crippen LogP contribution in [-0.4, -0.2) is 44.2 Å². The molecule has 1 heterocycles. The Hall–Kier alpha value is -4.47. The molecular weight excluding hydrogens is 530 g/mol. The minimum absolute atomic E-state index is 0.0609. The molecule has 0 fully saturated rings. The number of carbonyl (C=O) groups excluding carboxylic acids is 2. The molecule has 42 heavy (non-hydrogen) atoms. The molecule has 0 radical (unpaired) electrons. The van der Waals surface area contributed by atoms with Crippen LogP contribution in [0.25, 0.3) is 16.9 Å². The Morgan fingerprint density at radius 2 is 1.74 bits per heavy atom. The van der Waals surface area contributed by atoms with E-state index in [0.29, 0.717) is 30.0 Å². The molecule has 0 saturated heterocycles. The number of aryl methyl sites for hydroxylation is 2. The van der Waals surface area contributed by atoms with Crippen LogP contribution in [0, 0.1) is 13.8 Å². The van der Waals surface area contributed by atoms with Gasteiger partial charge in [-0.1, -0.05) is 36.4 Å². The lowest BCUT2D eigenvalue weighted by Gasteiger charge is -2.16. The van der Waals surface area contributed by atoms with E-state index >= 15 is 0 Å². The Labute approximate surface area is 246 Å². The normalized spacial score (nSPS) is 11.7. The molecule has 0 unspecified atom stereocenters. The average Bonchev–Trinajstić information content (AvgIpc) is 3.42. The number of amides is 1. The molecule has 0 aliphatic carbocycles. The lowest BCUT2D eigenvalue weighted by atomic mass is 9.99. The summed E-state index contributed by atoms with van der Waals surface area (Å²) in [5, 5.41) is 3.47. The van der Waals surface area contributed by atoms with Gasteiger partial charge in [-0.05, 0) is 74.2 Å². The number of methoxy groups -OCH3 is 2. The number of nitrogens with two attached hydrogens (primary N) is 2. The fourth-order valence-corrected chi connectivity index (χ4v) is 5.42. The van der Waals surface area contributed by atoms with Crippen molar-refractivity contribution < 1.29 is 23.6 Å². The van der Waals surface area contributed by atoms with E-state index in [-0.39, 0.29) is 5.92 Å². The molecule has 0 spiro atoms. The second-order valence-electron chi connectivity index (χ2n) is 10.4. The Morgan fingerprint density at radius 1 is 1.02 bits per heavy atom. The third kappa shape index (κ3) is 6.70. The first-order chi connectivity index (χ1) is 20.3. The number of hydrogen-bond donors (Lipinski definition) is 4. The summed E-state index contributed by atoms with van der Waals surface area (Å²) >= 11 is 0. The number of rotatable bonds is 13. The number of benzene rings is 3. The molecule has 0 saturated carbocycles. The van der Waals surface area contributed by atoms with Crippen LogP contribution in [-0.2, 0) is 11.3 Å². The van der Waals surface area contributed by atoms with E-state index in [4.69, 9.17) is 20.9 Å². The number of primary amides is 1. The predicted molar refractivity (Wildman–Crippen MR) is 163 cm³/mol. The maximum Gasteiger partial charge on any atom is 0.341 e. The van der Waals surface area contributed by atoms with Crippen LogP contribution in [0.5, 0.6) is 5.75 Å². The molecule has 3 aromatic carbocycles. The first-order valence-corrected chi connectivity index (χ1v) is 14.0. The van der Waals surface area contributed by atoms with Gasteiger partial charge in [-0.2, -0.15) is 4.57 Å². The first kappa shape index (κ1) is 30.5. The van der Waals surface area contributed by atoms with Crippen molar-refractivity contribution in [3.05, 3.63) is 101 Å². The molecule has 0 bridgehead atoms. The van der Waals surface area contributed by atoms with Gasteiger partial charge in [0.2, 0.25) is 5.91 Å². The Morgan fingerprint density at radius 3 is 2.36 bits per heavy atom. The first-order valence-electron chi connectivity index (χ1n) is 14.0. The van der Waals surface area contributed by atoms with Crippen molar-refractivity contribution in [3.63, 3.8) is 0 Å². The van der Waals surface area contributed by atoms with Crippen LogP contribution in [0.15, 0.2) is 66.9 Å². The van der Waals surface area contributed by atoms with Crippen molar-refractivity contribution in [2.24, 2.45) is 11.5 Å². The molecule has 1 amide bonds. The lowest BCUT2D eigenvalue weighted by Crippen LogP contribution is -2.40. The number of imidazole rings is 1. The Kier molecular flexibility index (Phi) is 10.1. The summed E-state index contributed by atoms with van der Waals surface area (Å²) in [7, 11) is 2.89. The smallest absolute Gasteiger partial charge is 0.341 e. The van der Waals surface area contributed by atoms with Crippen molar-refractivity contribution in [1.29, 1.82) is 0 Å². The van der Waals surface area contributed by atoms with Gasteiger partial charge < -0.3 is 26.3 Å². The van der Waals surface area contributed by atoms with Gasteiger partial charge in [0, 0.05) is 24.2 Å². The predicted octanol–water partition coefficient (Wildman–Crippen LogP) is 4.08. The van der Waals surface area contributed by atoms with Gasteiger partial charge in [0.15, 0.2) is 5.69 Å². The van der Waals surface area contributed by atoms with Gasteiger partial charge in [-0.3, -0.25) is 4.79 Å². The van der Waals surface area contributed by atoms with E-state index in [9.17, 15) is 9.59 Å². The van der Waals surface area contributed by atoms with Crippen molar-refractivity contribution in [1.82, 2.24) is 10.3 Å². The highest BCUT2D eigenvalue weighted by molar-refractivity contribution is 5.93. The Balaban J connectivity index is 1.54. The van der Waals surface area contributed by atoms with E-state index in [2.05, 4.69) is 27.0 Å². The maximum absolute atomic E-state index is 12.1. The molecular formula is C33H40N5O4+. The summed E-state index contributed by atoms with van der Waals surface area (Å²) < 4.78 is 12.4. The van der Waals surface area contributed by atoms with Gasteiger partial charge in [-0.15, -0.1) is 0 Å². The third-order valence-corrected chi connectivity index (χ3v) is 7.48. The highest BCUT2D eigenvalue weighted by atomic mass is 16.5. The van der Waals surface area contributed by atoms with Crippen molar-refractivity contribution in [2.45, 2.75) is 39.2 Å². The molecule has 0 aliphatic heterocycles. The Bertz CT molecular complexity index is 1520. The third-order valence-electron chi connectivity index (χ3n) is 7.48. The monoisotopic (exact) mass is 570 g/mol. The van der Waals surface area contributed by atoms with Gasteiger partial charge >= 0.3 is 5.97 Å². The molecule has 4 aromatic rings.